The number of morpholine rings is 1. The van der Waals surface area contributed by atoms with E-state index in [1.807, 2.05) is 15.7 Å². The molecular formula is C24H32N4O2. The zero-order valence-corrected chi connectivity index (χ0v) is 17.9. The summed E-state index contributed by atoms with van der Waals surface area (Å²) in [5.41, 5.74) is 4.34. The molecule has 0 bridgehead atoms. The SMILES string of the molecule is C=CCn1nc(C(=O)N2CCOCC2)c2c1CCC(N(C)CCc1ccccc1)C2. The lowest BCUT2D eigenvalue weighted by molar-refractivity contribution is 0.0297. The van der Waals surface area contributed by atoms with Crippen molar-refractivity contribution in [1.29, 1.82) is 0 Å². The highest BCUT2D eigenvalue weighted by atomic mass is 16.5. The summed E-state index contributed by atoms with van der Waals surface area (Å²) in [6.45, 7) is 8.01. The summed E-state index contributed by atoms with van der Waals surface area (Å²) in [4.78, 5) is 17.6. The number of carbonyl (C=O) groups is 1. The van der Waals surface area contributed by atoms with Crippen LogP contribution in [-0.4, -0.2) is 71.4 Å². The molecule has 2 aliphatic rings. The van der Waals surface area contributed by atoms with E-state index >= 15 is 0 Å². The maximum absolute atomic E-state index is 13.2. The second-order valence-corrected chi connectivity index (χ2v) is 8.26. The van der Waals surface area contributed by atoms with Gasteiger partial charge in [-0.3, -0.25) is 9.48 Å². The Balaban J connectivity index is 1.50. The molecule has 0 N–H and O–H groups in total. The van der Waals surface area contributed by atoms with E-state index in [-0.39, 0.29) is 5.91 Å². The van der Waals surface area contributed by atoms with Crippen molar-refractivity contribution in [2.24, 2.45) is 0 Å². The third-order valence-corrected chi connectivity index (χ3v) is 6.34. The number of amides is 1. The van der Waals surface area contributed by atoms with Crippen molar-refractivity contribution in [3.63, 3.8) is 0 Å². The van der Waals surface area contributed by atoms with Crippen LogP contribution in [0, 0.1) is 0 Å². The van der Waals surface area contributed by atoms with Gasteiger partial charge in [0.2, 0.25) is 0 Å². The van der Waals surface area contributed by atoms with Gasteiger partial charge in [0.15, 0.2) is 5.69 Å². The van der Waals surface area contributed by atoms with Gasteiger partial charge in [-0.2, -0.15) is 5.10 Å². The number of aromatic nitrogens is 2. The second kappa shape index (κ2) is 9.58. The van der Waals surface area contributed by atoms with Crippen molar-refractivity contribution >= 4 is 5.91 Å². The minimum absolute atomic E-state index is 0.0463. The number of fused-ring (bicyclic) bond motifs is 1. The van der Waals surface area contributed by atoms with Crippen LogP contribution in [-0.2, 0) is 30.5 Å². The van der Waals surface area contributed by atoms with E-state index in [2.05, 4.69) is 48.9 Å². The Hall–Kier alpha value is -2.44. The van der Waals surface area contributed by atoms with Gasteiger partial charge in [0.1, 0.15) is 0 Å². The van der Waals surface area contributed by atoms with E-state index in [0.29, 0.717) is 44.6 Å². The number of benzene rings is 1. The van der Waals surface area contributed by atoms with Crippen LogP contribution in [0.2, 0.25) is 0 Å². The Morgan fingerprint density at radius 2 is 2.07 bits per heavy atom. The predicted octanol–water partition coefficient (Wildman–Crippen LogP) is 2.57. The third-order valence-electron chi connectivity index (χ3n) is 6.34. The summed E-state index contributed by atoms with van der Waals surface area (Å²) in [6.07, 6.45) is 5.81. The van der Waals surface area contributed by atoms with Crippen LogP contribution in [0.3, 0.4) is 0 Å². The summed E-state index contributed by atoms with van der Waals surface area (Å²) in [6, 6.07) is 11.1. The van der Waals surface area contributed by atoms with E-state index in [9.17, 15) is 4.79 Å². The van der Waals surface area contributed by atoms with Gasteiger partial charge in [-0.1, -0.05) is 36.4 Å². The fourth-order valence-corrected chi connectivity index (χ4v) is 4.54. The Morgan fingerprint density at radius 3 is 2.80 bits per heavy atom. The van der Waals surface area contributed by atoms with E-state index in [0.717, 1.165) is 37.8 Å². The molecule has 1 aromatic carbocycles. The Labute approximate surface area is 179 Å². The fraction of sp³-hybridized carbons (Fsp3) is 0.500. The molecular weight excluding hydrogens is 376 g/mol. The van der Waals surface area contributed by atoms with Crippen molar-refractivity contribution < 1.29 is 9.53 Å². The molecule has 1 unspecified atom stereocenters. The highest BCUT2D eigenvalue weighted by molar-refractivity contribution is 5.94. The molecule has 0 saturated carbocycles. The Kier molecular flexibility index (Phi) is 6.65. The molecule has 1 amide bonds. The number of nitrogens with zero attached hydrogens (tertiary/aromatic N) is 4. The lowest BCUT2D eigenvalue weighted by Crippen LogP contribution is -2.42. The van der Waals surface area contributed by atoms with Gasteiger partial charge < -0.3 is 14.5 Å². The molecule has 0 spiro atoms. The lowest BCUT2D eigenvalue weighted by atomic mass is 9.90. The van der Waals surface area contributed by atoms with Gasteiger partial charge in [-0.05, 0) is 38.3 Å². The minimum atomic E-state index is 0.0463. The van der Waals surface area contributed by atoms with Crippen molar-refractivity contribution in [2.75, 3.05) is 39.9 Å². The molecule has 2 aromatic rings. The van der Waals surface area contributed by atoms with Crippen LogP contribution in [0.15, 0.2) is 43.0 Å². The standard InChI is InChI=1S/C24H32N4O2/c1-3-12-28-22-10-9-20(26(2)13-11-19-7-5-4-6-8-19)18-21(22)23(25-28)24(29)27-14-16-30-17-15-27/h3-8,20H,1,9-18H2,2H3. The maximum Gasteiger partial charge on any atom is 0.274 e. The highest BCUT2D eigenvalue weighted by Gasteiger charge is 2.32. The molecule has 1 aromatic heterocycles. The lowest BCUT2D eigenvalue weighted by Gasteiger charge is -2.32. The van der Waals surface area contributed by atoms with E-state index in [4.69, 9.17) is 9.84 Å². The van der Waals surface area contributed by atoms with Gasteiger partial charge >= 0.3 is 0 Å². The molecule has 6 nitrogen and oxygen atoms in total. The van der Waals surface area contributed by atoms with Crippen LogP contribution in [0.4, 0.5) is 0 Å². The molecule has 0 radical (unpaired) electrons. The third kappa shape index (κ3) is 4.50. The van der Waals surface area contributed by atoms with E-state index < -0.39 is 0 Å². The first-order valence-electron chi connectivity index (χ1n) is 11.0. The molecule has 4 rings (SSSR count). The topological polar surface area (TPSA) is 50.6 Å². The summed E-state index contributed by atoms with van der Waals surface area (Å²) in [5, 5.41) is 4.74. The van der Waals surface area contributed by atoms with E-state index in [1.165, 1.54) is 11.3 Å². The van der Waals surface area contributed by atoms with Crippen LogP contribution >= 0.6 is 0 Å². The average Bonchev–Trinajstić information content (AvgIpc) is 3.16. The number of hydrogen-bond acceptors (Lipinski definition) is 4. The molecule has 1 fully saturated rings. The molecule has 2 heterocycles. The molecule has 1 aliphatic heterocycles. The minimum Gasteiger partial charge on any atom is -0.378 e. The molecule has 1 saturated heterocycles. The number of likely N-dealkylation sites (N-methyl/N-ethyl adjacent to an activating group) is 1. The highest BCUT2D eigenvalue weighted by Crippen LogP contribution is 2.28. The summed E-state index contributed by atoms with van der Waals surface area (Å²) >= 11 is 0. The largest absolute Gasteiger partial charge is 0.378 e. The number of ether oxygens (including phenoxy) is 1. The van der Waals surface area contributed by atoms with Crippen molar-refractivity contribution in [2.45, 2.75) is 38.3 Å². The van der Waals surface area contributed by atoms with Gasteiger partial charge in [-0.25, -0.2) is 0 Å². The molecule has 30 heavy (non-hydrogen) atoms. The first kappa shape index (κ1) is 20.8. The number of rotatable bonds is 7. The molecule has 1 atom stereocenters. The Morgan fingerprint density at radius 1 is 1.30 bits per heavy atom. The fourth-order valence-electron chi connectivity index (χ4n) is 4.54. The van der Waals surface area contributed by atoms with Gasteiger partial charge in [0, 0.05) is 36.9 Å². The Bertz CT molecular complexity index is 871. The smallest absolute Gasteiger partial charge is 0.274 e. The zero-order chi connectivity index (χ0) is 20.9. The number of hydrogen-bond donors (Lipinski definition) is 0. The molecule has 160 valence electrons. The van der Waals surface area contributed by atoms with Gasteiger partial charge in [0.25, 0.3) is 5.91 Å². The normalized spacial score (nSPS) is 19.0. The summed E-state index contributed by atoms with van der Waals surface area (Å²) in [5.74, 6) is 0.0463. The average molecular weight is 409 g/mol. The van der Waals surface area contributed by atoms with Crippen LogP contribution in [0.25, 0.3) is 0 Å². The molecule has 1 aliphatic carbocycles. The van der Waals surface area contributed by atoms with Gasteiger partial charge in [-0.15, -0.1) is 6.58 Å². The monoisotopic (exact) mass is 408 g/mol. The molecule has 6 heteroatoms. The maximum atomic E-state index is 13.2. The second-order valence-electron chi connectivity index (χ2n) is 8.26. The first-order valence-corrected chi connectivity index (χ1v) is 11.0. The summed E-state index contributed by atoms with van der Waals surface area (Å²) < 4.78 is 7.40. The van der Waals surface area contributed by atoms with E-state index in [1.54, 1.807) is 0 Å². The number of carbonyl (C=O) groups excluding carboxylic acids is 1. The zero-order valence-electron chi connectivity index (χ0n) is 17.9. The first-order chi connectivity index (χ1) is 14.7. The van der Waals surface area contributed by atoms with Crippen LogP contribution in [0.1, 0.15) is 33.7 Å². The van der Waals surface area contributed by atoms with Crippen LogP contribution < -0.4 is 0 Å². The quantitative estimate of drug-likeness (QED) is 0.661. The van der Waals surface area contributed by atoms with Crippen LogP contribution in [0.5, 0.6) is 0 Å². The predicted molar refractivity (Wildman–Crippen MR) is 118 cm³/mol. The van der Waals surface area contributed by atoms with Crippen molar-refractivity contribution in [3.8, 4) is 0 Å². The van der Waals surface area contributed by atoms with Crippen molar-refractivity contribution in [1.82, 2.24) is 19.6 Å². The van der Waals surface area contributed by atoms with Crippen molar-refractivity contribution in [3.05, 3.63) is 65.5 Å². The summed E-state index contributed by atoms with van der Waals surface area (Å²) in [7, 11) is 2.20. The number of allylic oxidation sites excluding steroid dienone is 1. The van der Waals surface area contributed by atoms with Gasteiger partial charge in [0.05, 0.1) is 19.8 Å².